The number of rotatable bonds is 6. The van der Waals surface area contributed by atoms with Crippen molar-refractivity contribution in [3.8, 4) is 5.75 Å². The zero-order valence-corrected chi connectivity index (χ0v) is 14.4. The first-order valence-corrected chi connectivity index (χ1v) is 9.65. The quantitative estimate of drug-likeness (QED) is 0.383. The van der Waals surface area contributed by atoms with Crippen molar-refractivity contribution in [1.82, 2.24) is 0 Å². The van der Waals surface area contributed by atoms with Gasteiger partial charge in [-0.3, -0.25) is 0 Å². The lowest BCUT2D eigenvalue weighted by atomic mass is 10.1. The van der Waals surface area contributed by atoms with E-state index in [2.05, 4.69) is 4.18 Å². The summed E-state index contributed by atoms with van der Waals surface area (Å²) in [6, 6.07) is 3.87. The van der Waals surface area contributed by atoms with E-state index in [0.717, 1.165) is 12.1 Å². The van der Waals surface area contributed by atoms with E-state index in [1.165, 1.54) is 12.1 Å². The van der Waals surface area contributed by atoms with Crippen LogP contribution in [0.4, 0.5) is 39.5 Å². The van der Waals surface area contributed by atoms with Crippen molar-refractivity contribution in [1.29, 1.82) is 0 Å². The lowest BCUT2D eigenvalue weighted by molar-refractivity contribution is -0.382. The average molecular weight is 437 g/mol. The fraction of sp³-hybridized carbons (Fsp3) is 0.500. The van der Waals surface area contributed by atoms with Crippen LogP contribution in [-0.4, -0.2) is 44.2 Å². The Morgan fingerprint density at radius 1 is 0.808 bits per heavy atom. The van der Waals surface area contributed by atoms with Crippen LogP contribution >= 0.6 is 0 Å². The maximum absolute atomic E-state index is 13.5. The number of halogens is 9. The van der Waals surface area contributed by atoms with Gasteiger partial charge in [-0.05, 0) is 24.3 Å². The molecule has 0 atom stereocenters. The molecule has 1 rings (SSSR count). The van der Waals surface area contributed by atoms with Crippen LogP contribution in [0.15, 0.2) is 29.2 Å². The molecule has 0 bridgehead atoms. The molecule has 1 aromatic rings. The van der Waals surface area contributed by atoms with E-state index in [9.17, 15) is 47.9 Å². The number of benzene rings is 1. The maximum Gasteiger partial charge on any atom is 0.460 e. The first-order chi connectivity index (χ1) is 11.4. The minimum atomic E-state index is -7.33. The van der Waals surface area contributed by atoms with Gasteiger partial charge >= 0.3 is 33.4 Å². The molecule has 0 aromatic heterocycles. The largest absolute Gasteiger partial charge is 0.460 e. The second kappa shape index (κ2) is 6.69. The van der Waals surface area contributed by atoms with E-state index >= 15 is 0 Å². The van der Waals surface area contributed by atoms with Gasteiger partial charge in [-0.15, -0.1) is 0 Å². The van der Waals surface area contributed by atoms with Crippen LogP contribution in [0.5, 0.6) is 5.75 Å². The molecule has 0 spiro atoms. The van der Waals surface area contributed by atoms with Crippen molar-refractivity contribution >= 4 is 21.0 Å². The van der Waals surface area contributed by atoms with E-state index in [1.54, 1.807) is 12.5 Å². The van der Waals surface area contributed by atoms with Gasteiger partial charge in [0, 0.05) is 10.9 Å². The van der Waals surface area contributed by atoms with Crippen molar-refractivity contribution in [2.75, 3.05) is 12.5 Å². The van der Waals surface area contributed by atoms with Crippen molar-refractivity contribution in [3.05, 3.63) is 24.3 Å². The summed E-state index contributed by atoms with van der Waals surface area (Å²) in [7, 11) is -7.27. The van der Waals surface area contributed by atoms with Crippen LogP contribution in [0, 0.1) is 0 Å². The molecule has 150 valence electrons. The third-order valence-corrected chi connectivity index (χ3v) is 5.44. The average Bonchev–Trinajstić information content (AvgIpc) is 2.45. The van der Waals surface area contributed by atoms with Gasteiger partial charge in [0.05, 0.1) is 0 Å². The maximum atomic E-state index is 13.5. The van der Waals surface area contributed by atoms with Crippen molar-refractivity contribution in [2.24, 2.45) is 0 Å². The zero-order valence-electron chi connectivity index (χ0n) is 12.8. The molecule has 0 heterocycles. The highest BCUT2D eigenvalue weighted by molar-refractivity contribution is 7.95. The third kappa shape index (κ3) is 3.70. The summed E-state index contributed by atoms with van der Waals surface area (Å²) >= 11 is 0. The summed E-state index contributed by atoms with van der Waals surface area (Å²) in [6.45, 7) is 0. The minimum Gasteiger partial charge on any atom is -0.378 e. The standard InChI is InChI=1S/C12H10F9O3S2/c1-25(2)8-5-3-7(4-6-8)24-26(22,23)12(20,21)10(15,16)9(13,14)11(17,18)19/h3-6H,1-2H3/q+1. The van der Waals surface area contributed by atoms with Crippen LogP contribution < -0.4 is 4.18 Å². The molecule has 0 radical (unpaired) electrons. The van der Waals surface area contributed by atoms with Gasteiger partial charge in [0.25, 0.3) is 0 Å². The molecule has 0 unspecified atom stereocenters. The predicted molar refractivity (Wildman–Crippen MR) is 74.4 cm³/mol. The molecule has 14 heteroatoms. The summed E-state index contributed by atoms with van der Waals surface area (Å²) in [5, 5.41) is -6.88. The Kier molecular flexibility index (Phi) is 5.85. The van der Waals surface area contributed by atoms with E-state index in [1.807, 2.05) is 0 Å². The van der Waals surface area contributed by atoms with E-state index in [4.69, 9.17) is 0 Å². The van der Waals surface area contributed by atoms with E-state index in [0.29, 0.717) is 4.90 Å². The van der Waals surface area contributed by atoms with Crippen LogP contribution in [0.2, 0.25) is 0 Å². The van der Waals surface area contributed by atoms with E-state index in [-0.39, 0.29) is 10.9 Å². The molecule has 1 aromatic carbocycles. The first kappa shape index (κ1) is 22.7. The Labute approximate surface area is 144 Å². The molecule has 0 aliphatic carbocycles. The van der Waals surface area contributed by atoms with Gasteiger partial charge in [-0.25, -0.2) is 0 Å². The highest BCUT2D eigenvalue weighted by Crippen LogP contribution is 2.54. The highest BCUT2D eigenvalue weighted by atomic mass is 32.2. The van der Waals surface area contributed by atoms with Gasteiger partial charge in [0.2, 0.25) is 0 Å². The summed E-state index contributed by atoms with van der Waals surface area (Å²) in [4.78, 5) is 0.579. The molecule has 0 saturated heterocycles. The molecule has 3 nitrogen and oxygen atoms in total. The Bertz CT molecular complexity index is 740. The Morgan fingerprint density at radius 2 is 1.23 bits per heavy atom. The van der Waals surface area contributed by atoms with Gasteiger partial charge in [0.1, 0.15) is 18.3 Å². The molecule has 0 fully saturated rings. The molecule has 0 aliphatic heterocycles. The Morgan fingerprint density at radius 3 is 1.58 bits per heavy atom. The van der Waals surface area contributed by atoms with Crippen molar-refractivity contribution in [3.63, 3.8) is 0 Å². The Balaban J connectivity index is 3.28. The van der Waals surface area contributed by atoms with Crippen LogP contribution in [0.3, 0.4) is 0 Å². The molecule has 0 aliphatic rings. The second-order valence-electron chi connectivity index (χ2n) is 4.99. The predicted octanol–water partition coefficient (Wildman–Crippen LogP) is 4.06. The first-order valence-electron chi connectivity index (χ1n) is 6.20. The van der Waals surface area contributed by atoms with Crippen molar-refractivity contribution < 1.29 is 52.1 Å². The van der Waals surface area contributed by atoms with Gasteiger partial charge < -0.3 is 4.18 Å². The molecule has 26 heavy (non-hydrogen) atoms. The van der Waals surface area contributed by atoms with E-state index < -0.39 is 39.1 Å². The SMILES string of the molecule is C[S+](C)c1ccc(OS(=O)(=O)C(F)(F)C(F)(F)C(F)(F)C(F)(F)F)cc1. The summed E-state index contributed by atoms with van der Waals surface area (Å²) in [5.41, 5.74) is 0. The lowest BCUT2D eigenvalue weighted by Crippen LogP contribution is -2.63. The van der Waals surface area contributed by atoms with Crippen LogP contribution in [0.1, 0.15) is 0 Å². The lowest BCUT2D eigenvalue weighted by Gasteiger charge is -2.32. The fourth-order valence-corrected chi connectivity index (χ4v) is 3.06. The molecular weight excluding hydrogens is 427 g/mol. The molecule has 0 N–H and O–H groups in total. The fourth-order valence-electron chi connectivity index (χ4n) is 1.46. The van der Waals surface area contributed by atoms with Gasteiger partial charge in [0.15, 0.2) is 4.90 Å². The zero-order chi connectivity index (χ0) is 20.8. The van der Waals surface area contributed by atoms with Crippen molar-refractivity contribution in [2.45, 2.75) is 28.2 Å². The summed E-state index contributed by atoms with van der Waals surface area (Å²) in [6.07, 6.45) is -3.68. The summed E-state index contributed by atoms with van der Waals surface area (Å²) < 4.78 is 141. The number of hydrogen-bond donors (Lipinski definition) is 0. The monoisotopic (exact) mass is 437 g/mol. The highest BCUT2D eigenvalue weighted by Gasteiger charge is 2.86. The van der Waals surface area contributed by atoms with Crippen LogP contribution in [-0.2, 0) is 21.0 Å². The molecular formula is C12H10F9O3S2+. The molecule has 0 saturated carbocycles. The number of alkyl halides is 9. The second-order valence-corrected chi connectivity index (χ2v) is 8.68. The topological polar surface area (TPSA) is 43.4 Å². The van der Waals surface area contributed by atoms with Gasteiger partial charge in [-0.2, -0.15) is 47.9 Å². The normalized spacial score (nSPS) is 14.6. The van der Waals surface area contributed by atoms with Gasteiger partial charge in [-0.1, -0.05) is 0 Å². The minimum absolute atomic E-state index is 0.361. The molecule has 0 amide bonds. The Hall–Kier alpha value is -1.31. The smallest absolute Gasteiger partial charge is 0.378 e. The number of hydrogen-bond acceptors (Lipinski definition) is 3. The third-order valence-electron chi connectivity index (χ3n) is 2.93. The van der Waals surface area contributed by atoms with Crippen LogP contribution in [0.25, 0.3) is 0 Å². The summed E-state index contributed by atoms with van der Waals surface area (Å²) in [5.74, 6) is -15.6.